The second-order valence-corrected chi connectivity index (χ2v) is 9.51. The lowest BCUT2D eigenvalue weighted by Crippen LogP contribution is -2.07. The lowest BCUT2D eigenvalue weighted by Gasteiger charge is -2.05. The van der Waals surface area contributed by atoms with Crippen LogP contribution in [0, 0.1) is 6.92 Å². The Morgan fingerprint density at radius 1 is 1.00 bits per heavy atom. The second-order valence-electron chi connectivity index (χ2n) is 7.67. The SMILES string of the molecule is Cc1ccc(-c2ccc(/C=C/C(=O)Nc3ccc(-c4nc5ccccc5s4)c(Cl)c3)o2)cc1Cl. The van der Waals surface area contributed by atoms with Crippen LogP contribution in [0.4, 0.5) is 5.69 Å². The lowest BCUT2D eigenvalue weighted by atomic mass is 10.1. The van der Waals surface area contributed by atoms with E-state index in [-0.39, 0.29) is 5.91 Å². The van der Waals surface area contributed by atoms with Gasteiger partial charge < -0.3 is 9.73 Å². The minimum atomic E-state index is -0.292. The van der Waals surface area contributed by atoms with Gasteiger partial charge in [-0.2, -0.15) is 0 Å². The first-order valence-electron chi connectivity index (χ1n) is 10.5. The Balaban J connectivity index is 1.27. The Kier molecular flexibility index (Phi) is 6.24. The molecule has 34 heavy (non-hydrogen) atoms. The van der Waals surface area contributed by atoms with Crippen molar-refractivity contribution in [3.8, 4) is 21.9 Å². The van der Waals surface area contributed by atoms with E-state index in [9.17, 15) is 4.79 Å². The molecule has 0 aliphatic carbocycles. The fourth-order valence-corrected chi connectivity index (χ4v) is 4.95. The van der Waals surface area contributed by atoms with Crippen molar-refractivity contribution in [1.82, 2.24) is 4.98 Å². The van der Waals surface area contributed by atoms with Crippen LogP contribution in [-0.4, -0.2) is 10.9 Å². The fourth-order valence-electron chi connectivity index (χ4n) is 3.44. The smallest absolute Gasteiger partial charge is 0.248 e. The summed E-state index contributed by atoms with van der Waals surface area (Å²) in [6, 6.07) is 22.7. The summed E-state index contributed by atoms with van der Waals surface area (Å²) in [4.78, 5) is 17.1. The predicted molar refractivity (Wildman–Crippen MR) is 142 cm³/mol. The highest BCUT2D eigenvalue weighted by molar-refractivity contribution is 7.21. The van der Waals surface area contributed by atoms with Crippen LogP contribution in [0.1, 0.15) is 11.3 Å². The molecule has 7 heteroatoms. The molecule has 168 valence electrons. The number of aryl methyl sites for hydroxylation is 1. The predicted octanol–water partition coefficient (Wildman–Crippen LogP) is 8.49. The second kappa shape index (κ2) is 9.47. The molecule has 0 bridgehead atoms. The number of nitrogens with zero attached hydrogens (tertiary/aromatic N) is 1. The molecule has 0 fully saturated rings. The molecule has 1 N–H and O–H groups in total. The number of thiazole rings is 1. The van der Waals surface area contributed by atoms with Crippen LogP contribution in [0.5, 0.6) is 0 Å². The van der Waals surface area contributed by atoms with Gasteiger partial charge in [0.1, 0.15) is 16.5 Å². The largest absolute Gasteiger partial charge is 0.457 e. The summed E-state index contributed by atoms with van der Waals surface area (Å²) < 4.78 is 6.92. The molecule has 0 saturated heterocycles. The number of hydrogen-bond acceptors (Lipinski definition) is 4. The average Bonchev–Trinajstić information content (AvgIpc) is 3.47. The van der Waals surface area contributed by atoms with Crippen molar-refractivity contribution >= 4 is 62.4 Å². The fraction of sp³-hybridized carbons (Fsp3) is 0.0370. The third-order valence-corrected chi connectivity index (χ3v) is 7.03. The van der Waals surface area contributed by atoms with E-state index in [1.165, 1.54) is 6.08 Å². The van der Waals surface area contributed by atoms with Crippen molar-refractivity contribution in [3.05, 3.63) is 100 Å². The van der Waals surface area contributed by atoms with Crippen molar-refractivity contribution in [2.45, 2.75) is 6.92 Å². The van der Waals surface area contributed by atoms with Gasteiger partial charge in [-0.1, -0.05) is 47.5 Å². The van der Waals surface area contributed by atoms with Gasteiger partial charge in [0.2, 0.25) is 5.91 Å². The van der Waals surface area contributed by atoms with Crippen LogP contribution in [-0.2, 0) is 4.79 Å². The molecule has 5 aromatic rings. The van der Waals surface area contributed by atoms with E-state index in [1.54, 1.807) is 29.5 Å². The lowest BCUT2D eigenvalue weighted by molar-refractivity contribution is -0.111. The van der Waals surface area contributed by atoms with E-state index >= 15 is 0 Å². The number of aromatic nitrogens is 1. The summed E-state index contributed by atoms with van der Waals surface area (Å²) in [6.07, 6.45) is 3.03. The molecular formula is C27H18Cl2N2O2S. The Hall–Kier alpha value is -3.38. The zero-order chi connectivity index (χ0) is 23.7. The number of nitrogens with one attached hydrogen (secondary N) is 1. The number of benzene rings is 3. The first-order chi connectivity index (χ1) is 16.5. The first kappa shape index (κ1) is 22.4. The van der Waals surface area contributed by atoms with Crippen molar-refractivity contribution < 1.29 is 9.21 Å². The maximum Gasteiger partial charge on any atom is 0.248 e. The van der Waals surface area contributed by atoms with Crippen molar-refractivity contribution in [2.75, 3.05) is 5.32 Å². The quantitative estimate of drug-likeness (QED) is 0.244. The zero-order valence-corrected chi connectivity index (χ0v) is 20.3. The Morgan fingerprint density at radius 2 is 1.85 bits per heavy atom. The number of furan rings is 1. The Labute approximate surface area is 210 Å². The number of amides is 1. The van der Waals surface area contributed by atoms with Gasteiger partial charge in [0.15, 0.2) is 0 Å². The molecule has 0 saturated carbocycles. The normalized spacial score (nSPS) is 11.4. The molecule has 3 aromatic carbocycles. The molecule has 4 nitrogen and oxygen atoms in total. The average molecular weight is 505 g/mol. The third kappa shape index (κ3) is 4.77. The monoisotopic (exact) mass is 504 g/mol. The highest BCUT2D eigenvalue weighted by Gasteiger charge is 2.11. The number of rotatable bonds is 5. The molecule has 5 rings (SSSR count). The molecule has 0 aliphatic heterocycles. The van der Waals surface area contributed by atoms with E-state index in [0.29, 0.717) is 27.3 Å². The molecule has 0 unspecified atom stereocenters. The van der Waals surface area contributed by atoms with Gasteiger partial charge in [-0.3, -0.25) is 4.79 Å². The minimum absolute atomic E-state index is 0.292. The molecule has 0 aliphatic rings. The van der Waals surface area contributed by atoms with Crippen LogP contribution in [0.2, 0.25) is 10.0 Å². The summed E-state index contributed by atoms with van der Waals surface area (Å²) in [7, 11) is 0. The minimum Gasteiger partial charge on any atom is -0.457 e. The summed E-state index contributed by atoms with van der Waals surface area (Å²) >= 11 is 14.3. The zero-order valence-electron chi connectivity index (χ0n) is 18.0. The Morgan fingerprint density at radius 3 is 2.65 bits per heavy atom. The summed E-state index contributed by atoms with van der Waals surface area (Å²) in [5.74, 6) is 0.949. The molecule has 2 aromatic heterocycles. The van der Waals surface area contributed by atoms with Gasteiger partial charge in [0, 0.05) is 27.9 Å². The topological polar surface area (TPSA) is 55.1 Å². The number of anilines is 1. The van der Waals surface area contributed by atoms with Crippen LogP contribution in [0.15, 0.2) is 83.3 Å². The van der Waals surface area contributed by atoms with Gasteiger partial charge in [0.05, 0.1) is 15.2 Å². The molecule has 0 atom stereocenters. The van der Waals surface area contributed by atoms with Gasteiger partial charge in [-0.15, -0.1) is 11.3 Å². The van der Waals surface area contributed by atoms with Crippen LogP contribution in [0.25, 0.3) is 38.2 Å². The van der Waals surface area contributed by atoms with Gasteiger partial charge in [-0.05, 0) is 67.1 Å². The first-order valence-corrected chi connectivity index (χ1v) is 12.0. The number of hydrogen-bond donors (Lipinski definition) is 1. The van der Waals surface area contributed by atoms with Gasteiger partial charge in [-0.25, -0.2) is 4.98 Å². The summed E-state index contributed by atoms with van der Waals surface area (Å²) in [5.41, 5.74) is 4.24. The van der Waals surface area contributed by atoms with Crippen molar-refractivity contribution in [1.29, 1.82) is 0 Å². The summed E-state index contributed by atoms with van der Waals surface area (Å²) in [5, 5.41) is 4.86. The van der Waals surface area contributed by atoms with E-state index in [0.717, 1.165) is 31.9 Å². The van der Waals surface area contributed by atoms with Gasteiger partial charge in [0.25, 0.3) is 0 Å². The number of halogens is 2. The standard InChI is InChI=1S/C27H18Cl2N2O2S/c1-16-6-7-17(14-21(16)28)24-12-9-19(33-24)10-13-26(32)30-18-8-11-20(22(29)15-18)27-31-23-4-2-3-5-25(23)34-27/h2-15H,1H3,(H,30,32)/b13-10+. The van der Waals surface area contributed by atoms with E-state index < -0.39 is 0 Å². The molecule has 2 heterocycles. The summed E-state index contributed by atoms with van der Waals surface area (Å²) in [6.45, 7) is 1.95. The number of carbonyl (C=O) groups is 1. The Bertz CT molecular complexity index is 1520. The number of para-hydroxylation sites is 1. The van der Waals surface area contributed by atoms with Crippen LogP contribution >= 0.6 is 34.5 Å². The maximum atomic E-state index is 12.4. The molecule has 1 amide bonds. The van der Waals surface area contributed by atoms with Crippen LogP contribution < -0.4 is 5.32 Å². The highest BCUT2D eigenvalue weighted by Crippen LogP contribution is 2.35. The highest BCUT2D eigenvalue weighted by atomic mass is 35.5. The molecule has 0 radical (unpaired) electrons. The van der Waals surface area contributed by atoms with E-state index in [2.05, 4.69) is 10.3 Å². The maximum absolute atomic E-state index is 12.4. The van der Waals surface area contributed by atoms with Crippen molar-refractivity contribution in [2.24, 2.45) is 0 Å². The molecule has 0 spiro atoms. The third-order valence-electron chi connectivity index (χ3n) is 5.24. The number of fused-ring (bicyclic) bond motifs is 1. The van der Waals surface area contributed by atoms with E-state index in [1.807, 2.05) is 67.6 Å². The molecular weight excluding hydrogens is 487 g/mol. The van der Waals surface area contributed by atoms with Gasteiger partial charge >= 0.3 is 0 Å². The van der Waals surface area contributed by atoms with Crippen LogP contribution in [0.3, 0.4) is 0 Å². The number of carbonyl (C=O) groups excluding carboxylic acids is 1. The van der Waals surface area contributed by atoms with Crippen molar-refractivity contribution in [3.63, 3.8) is 0 Å². The van der Waals surface area contributed by atoms with E-state index in [4.69, 9.17) is 27.6 Å².